The maximum atomic E-state index is 13.4. The lowest BCUT2D eigenvalue weighted by Crippen LogP contribution is -2.43. The van der Waals surface area contributed by atoms with Crippen molar-refractivity contribution >= 4 is 11.8 Å². The van der Waals surface area contributed by atoms with Crippen LogP contribution >= 0.6 is 0 Å². The van der Waals surface area contributed by atoms with Crippen LogP contribution in [0.25, 0.3) is 0 Å². The second-order valence-electron chi connectivity index (χ2n) is 9.02. The fourth-order valence-corrected chi connectivity index (χ4v) is 4.90. The van der Waals surface area contributed by atoms with Gasteiger partial charge < -0.3 is 14.5 Å². The number of carbonyl (C=O) groups is 2. The third-order valence-electron chi connectivity index (χ3n) is 6.87. The van der Waals surface area contributed by atoms with Crippen LogP contribution in [0.5, 0.6) is 0 Å². The lowest BCUT2D eigenvalue weighted by Gasteiger charge is -2.30. The van der Waals surface area contributed by atoms with Crippen molar-refractivity contribution in [1.29, 1.82) is 0 Å². The Morgan fingerprint density at radius 3 is 2.50 bits per heavy atom. The second kappa shape index (κ2) is 11.6. The van der Waals surface area contributed by atoms with Crippen molar-refractivity contribution in [2.45, 2.75) is 46.2 Å². The molecule has 0 N–H and O–H groups in total. The van der Waals surface area contributed by atoms with Crippen molar-refractivity contribution in [3.8, 4) is 0 Å². The molecule has 2 aliphatic heterocycles. The Bertz CT molecular complexity index is 964. The van der Waals surface area contributed by atoms with Crippen LogP contribution in [0.4, 0.5) is 0 Å². The van der Waals surface area contributed by atoms with Crippen LogP contribution in [0.2, 0.25) is 0 Å². The van der Waals surface area contributed by atoms with Gasteiger partial charge in [-0.15, -0.1) is 0 Å². The predicted octanol–water partition coefficient (Wildman–Crippen LogP) is 2.21. The highest BCUT2D eigenvalue weighted by Crippen LogP contribution is 2.25. The predicted molar refractivity (Wildman–Crippen MR) is 131 cm³/mol. The Balaban J connectivity index is 1.51. The largest absolute Gasteiger partial charge is 0.378 e. The summed E-state index contributed by atoms with van der Waals surface area (Å²) >= 11 is 0. The van der Waals surface area contributed by atoms with E-state index in [1.165, 1.54) is 5.56 Å². The van der Waals surface area contributed by atoms with Gasteiger partial charge in [-0.1, -0.05) is 30.3 Å². The molecule has 2 aromatic rings. The van der Waals surface area contributed by atoms with Crippen molar-refractivity contribution in [3.63, 3.8) is 0 Å². The number of aromatic nitrogens is 2. The van der Waals surface area contributed by atoms with Crippen LogP contribution in [0.15, 0.2) is 30.3 Å². The third-order valence-corrected chi connectivity index (χ3v) is 6.87. The first-order valence-electron chi connectivity index (χ1n) is 12.6. The molecule has 0 radical (unpaired) electrons. The van der Waals surface area contributed by atoms with E-state index in [1.807, 2.05) is 29.7 Å². The van der Waals surface area contributed by atoms with Gasteiger partial charge in [0.25, 0.3) is 5.91 Å². The molecule has 3 heterocycles. The summed E-state index contributed by atoms with van der Waals surface area (Å²) in [5.74, 6) is 0.128. The number of rotatable bonds is 9. The average molecular weight is 468 g/mol. The van der Waals surface area contributed by atoms with Crippen molar-refractivity contribution < 1.29 is 14.3 Å². The number of amides is 2. The standard InChI is InChI=1S/C26H37N5O3/c1-3-29(4-2)24(32)20-28-14-12-23-22(19-28)25(26(33)30-15-17-34-18-16-30)27-31(23)13-8-11-21-9-6-5-7-10-21/h5-7,9-10H,3-4,8,11-20H2,1-2H3. The summed E-state index contributed by atoms with van der Waals surface area (Å²) < 4.78 is 7.48. The molecular weight excluding hydrogens is 430 g/mol. The summed E-state index contributed by atoms with van der Waals surface area (Å²) in [6.45, 7) is 10.3. The zero-order valence-electron chi connectivity index (χ0n) is 20.5. The van der Waals surface area contributed by atoms with Crippen molar-refractivity contribution in [3.05, 3.63) is 52.8 Å². The van der Waals surface area contributed by atoms with E-state index in [0.717, 1.165) is 43.6 Å². The topological polar surface area (TPSA) is 70.9 Å². The summed E-state index contributed by atoms with van der Waals surface area (Å²) in [5.41, 5.74) is 4.01. The first kappa shape index (κ1) is 24.4. The van der Waals surface area contributed by atoms with Crippen LogP contribution in [-0.2, 0) is 35.5 Å². The third kappa shape index (κ3) is 5.67. The molecule has 1 saturated heterocycles. The number of ether oxygens (including phenoxy) is 1. The Morgan fingerprint density at radius 1 is 1.06 bits per heavy atom. The molecule has 0 atom stereocenters. The molecule has 0 spiro atoms. The van der Waals surface area contributed by atoms with Gasteiger partial charge in [-0.3, -0.25) is 19.2 Å². The minimum atomic E-state index is -0.0155. The molecule has 2 aliphatic rings. The number of aryl methyl sites for hydroxylation is 2. The second-order valence-corrected chi connectivity index (χ2v) is 9.02. The lowest BCUT2D eigenvalue weighted by atomic mass is 10.0. The normalized spacial score (nSPS) is 16.4. The van der Waals surface area contributed by atoms with Gasteiger partial charge in [0, 0.05) is 63.5 Å². The molecule has 8 nitrogen and oxygen atoms in total. The van der Waals surface area contributed by atoms with Crippen molar-refractivity contribution in [1.82, 2.24) is 24.5 Å². The zero-order chi connectivity index (χ0) is 23.9. The minimum absolute atomic E-state index is 0.0155. The van der Waals surface area contributed by atoms with E-state index in [4.69, 9.17) is 9.84 Å². The maximum absolute atomic E-state index is 13.4. The number of morpholine rings is 1. The van der Waals surface area contributed by atoms with Gasteiger partial charge in [0.2, 0.25) is 5.91 Å². The SMILES string of the molecule is CCN(CC)C(=O)CN1CCc2c(c(C(=O)N3CCOCC3)nn2CCCc2ccccc2)C1. The average Bonchev–Trinajstić information content (AvgIpc) is 3.23. The van der Waals surface area contributed by atoms with Crippen LogP contribution in [0.1, 0.15) is 47.6 Å². The molecule has 1 aromatic carbocycles. The molecule has 0 aliphatic carbocycles. The highest BCUT2D eigenvalue weighted by molar-refractivity contribution is 5.94. The van der Waals surface area contributed by atoms with Crippen molar-refractivity contribution in [2.75, 3.05) is 52.5 Å². The number of nitrogens with zero attached hydrogens (tertiary/aromatic N) is 5. The van der Waals surface area contributed by atoms with Crippen LogP contribution in [0, 0.1) is 0 Å². The Labute approximate surface area is 202 Å². The molecule has 0 saturated carbocycles. The molecule has 8 heteroatoms. The highest BCUT2D eigenvalue weighted by atomic mass is 16.5. The summed E-state index contributed by atoms with van der Waals surface area (Å²) in [6, 6.07) is 10.5. The van der Waals surface area contributed by atoms with E-state index in [-0.39, 0.29) is 11.8 Å². The first-order chi connectivity index (χ1) is 16.6. The van der Waals surface area contributed by atoms with Gasteiger partial charge in [0.05, 0.1) is 19.8 Å². The van der Waals surface area contributed by atoms with Crippen LogP contribution in [-0.4, -0.2) is 88.8 Å². The van der Waals surface area contributed by atoms with Gasteiger partial charge in [-0.25, -0.2) is 0 Å². The number of likely N-dealkylation sites (N-methyl/N-ethyl adjacent to an activating group) is 1. The highest BCUT2D eigenvalue weighted by Gasteiger charge is 2.31. The number of hydrogen-bond donors (Lipinski definition) is 0. The van der Waals surface area contributed by atoms with Gasteiger partial charge in [0.1, 0.15) is 0 Å². The number of carbonyl (C=O) groups excluding carboxylic acids is 2. The van der Waals surface area contributed by atoms with Gasteiger partial charge in [-0.05, 0) is 32.3 Å². The molecular formula is C26H37N5O3. The molecule has 34 heavy (non-hydrogen) atoms. The summed E-state index contributed by atoms with van der Waals surface area (Å²) in [6.07, 6.45) is 2.75. The monoisotopic (exact) mass is 467 g/mol. The lowest BCUT2D eigenvalue weighted by molar-refractivity contribution is -0.132. The Hall–Kier alpha value is -2.71. The molecule has 1 fully saturated rings. The van der Waals surface area contributed by atoms with Crippen LogP contribution < -0.4 is 0 Å². The summed E-state index contributed by atoms with van der Waals surface area (Å²) in [7, 11) is 0. The Morgan fingerprint density at radius 2 is 1.79 bits per heavy atom. The van der Waals surface area contributed by atoms with Gasteiger partial charge in [-0.2, -0.15) is 5.10 Å². The number of fused-ring (bicyclic) bond motifs is 1. The molecule has 0 unspecified atom stereocenters. The fraction of sp³-hybridized carbons (Fsp3) is 0.577. The van der Waals surface area contributed by atoms with E-state index in [2.05, 4.69) is 33.8 Å². The first-order valence-corrected chi connectivity index (χ1v) is 12.6. The quantitative estimate of drug-likeness (QED) is 0.566. The number of hydrogen-bond acceptors (Lipinski definition) is 5. The van der Waals surface area contributed by atoms with E-state index < -0.39 is 0 Å². The Kier molecular flexibility index (Phi) is 8.34. The van der Waals surface area contributed by atoms with Gasteiger partial charge in [0.15, 0.2) is 5.69 Å². The van der Waals surface area contributed by atoms with Crippen molar-refractivity contribution in [2.24, 2.45) is 0 Å². The van der Waals surface area contributed by atoms with E-state index in [0.29, 0.717) is 58.2 Å². The van der Waals surface area contributed by atoms with E-state index in [1.54, 1.807) is 0 Å². The number of benzene rings is 1. The van der Waals surface area contributed by atoms with Crippen LogP contribution in [0.3, 0.4) is 0 Å². The summed E-state index contributed by atoms with van der Waals surface area (Å²) in [4.78, 5) is 32.0. The fourth-order valence-electron chi connectivity index (χ4n) is 4.90. The molecule has 4 rings (SSSR count). The smallest absolute Gasteiger partial charge is 0.274 e. The van der Waals surface area contributed by atoms with E-state index >= 15 is 0 Å². The minimum Gasteiger partial charge on any atom is -0.378 e. The van der Waals surface area contributed by atoms with E-state index in [9.17, 15) is 9.59 Å². The molecule has 1 aromatic heterocycles. The summed E-state index contributed by atoms with van der Waals surface area (Å²) in [5, 5.41) is 4.84. The molecule has 0 bridgehead atoms. The maximum Gasteiger partial charge on any atom is 0.274 e. The zero-order valence-corrected chi connectivity index (χ0v) is 20.5. The van der Waals surface area contributed by atoms with Gasteiger partial charge >= 0.3 is 0 Å². The molecule has 2 amide bonds. The molecule has 184 valence electrons.